The summed E-state index contributed by atoms with van der Waals surface area (Å²) in [4.78, 5) is 34.3. The molecule has 1 aliphatic carbocycles. The summed E-state index contributed by atoms with van der Waals surface area (Å²) >= 11 is 15.0. The molecule has 1 amide bonds. The first-order valence-corrected chi connectivity index (χ1v) is 12.1. The van der Waals surface area contributed by atoms with Crippen molar-refractivity contribution in [2.24, 2.45) is 0 Å². The number of fused-ring (bicyclic) bond motifs is 3. The lowest BCUT2D eigenvalue weighted by Crippen LogP contribution is -2.24. The molecule has 0 bridgehead atoms. The quantitative estimate of drug-likeness (QED) is 0.549. The molecule has 2 N–H and O–H groups in total. The molecule has 0 spiro atoms. The zero-order valence-corrected chi connectivity index (χ0v) is 18.7. The molecule has 2 heterocycles. The molecule has 0 saturated heterocycles. The van der Waals surface area contributed by atoms with Crippen LogP contribution in [-0.2, 0) is 29.9 Å². The van der Waals surface area contributed by atoms with Crippen LogP contribution in [0.15, 0.2) is 23.0 Å². The average Bonchev–Trinajstić information content (AvgIpc) is 3.06. The second-order valence-electron chi connectivity index (χ2n) is 6.91. The summed E-state index contributed by atoms with van der Waals surface area (Å²) in [5.41, 5.74) is 1.93. The number of aromatic amines is 1. The minimum absolute atomic E-state index is 0.0631. The Balaban J connectivity index is 1.33. The van der Waals surface area contributed by atoms with Gasteiger partial charge in [-0.3, -0.25) is 9.59 Å². The molecule has 0 fully saturated rings. The van der Waals surface area contributed by atoms with Gasteiger partial charge >= 0.3 is 0 Å². The van der Waals surface area contributed by atoms with E-state index in [1.807, 2.05) is 0 Å². The van der Waals surface area contributed by atoms with Gasteiger partial charge in [0.15, 0.2) is 0 Å². The first-order valence-electron chi connectivity index (χ1n) is 9.33. The van der Waals surface area contributed by atoms with Gasteiger partial charge in [-0.1, -0.05) is 29.3 Å². The van der Waals surface area contributed by atoms with E-state index < -0.39 is 0 Å². The second kappa shape index (κ2) is 9.08. The summed E-state index contributed by atoms with van der Waals surface area (Å²) in [6.45, 7) is 0.344. The number of H-pyrrole nitrogens is 1. The number of nitrogens with zero attached hydrogens (tertiary/aromatic N) is 1. The van der Waals surface area contributed by atoms with Crippen LogP contribution < -0.4 is 10.9 Å². The fourth-order valence-corrected chi connectivity index (χ4v) is 5.90. The number of carbonyl (C=O) groups is 1. The summed E-state index contributed by atoms with van der Waals surface area (Å²) in [7, 11) is 0. The number of thioether (sulfide) groups is 1. The molecule has 0 atom stereocenters. The van der Waals surface area contributed by atoms with E-state index in [9.17, 15) is 9.59 Å². The predicted molar refractivity (Wildman–Crippen MR) is 121 cm³/mol. The van der Waals surface area contributed by atoms with Crippen LogP contribution in [0.5, 0.6) is 0 Å². The molecule has 29 heavy (non-hydrogen) atoms. The molecule has 1 aromatic carbocycles. The topological polar surface area (TPSA) is 74.8 Å². The van der Waals surface area contributed by atoms with Crippen LogP contribution in [0.25, 0.3) is 10.2 Å². The number of thiophene rings is 1. The number of hydrogen-bond acceptors (Lipinski definition) is 5. The van der Waals surface area contributed by atoms with Crippen LogP contribution in [0.2, 0.25) is 10.0 Å². The van der Waals surface area contributed by atoms with Crippen molar-refractivity contribution in [1.82, 2.24) is 15.3 Å². The number of benzene rings is 1. The average molecular weight is 468 g/mol. The van der Waals surface area contributed by atoms with E-state index in [0.29, 0.717) is 28.2 Å². The number of rotatable bonds is 6. The summed E-state index contributed by atoms with van der Waals surface area (Å²) < 4.78 is 0. The number of nitrogens with one attached hydrogen (secondary N) is 2. The largest absolute Gasteiger partial charge is 0.351 e. The normalized spacial score (nSPS) is 13.4. The Labute approximate surface area is 186 Å². The van der Waals surface area contributed by atoms with Crippen LogP contribution in [0, 0.1) is 0 Å². The third kappa shape index (κ3) is 4.79. The van der Waals surface area contributed by atoms with Gasteiger partial charge in [-0.25, -0.2) is 4.98 Å². The second-order valence-corrected chi connectivity index (χ2v) is 9.82. The molecule has 4 rings (SSSR count). The molecule has 0 aliphatic heterocycles. The number of amides is 1. The van der Waals surface area contributed by atoms with Crippen molar-refractivity contribution in [2.45, 2.75) is 38.0 Å². The lowest BCUT2D eigenvalue weighted by molar-refractivity contribution is -0.118. The van der Waals surface area contributed by atoms with E-state index in [-0.39, 0.29) is 17.2 Å². The Hall–Kier alpha value is -1.54. The molecular formula is C20H19Cl2N3O2S2. The molecule has 2 aromatic heterocycles. The van der Waals surface area contributed by atoms with Crippen LogP contribution in [0.1, 0.15) is 34.7 Å². The summed E-state index contributed by atoms with van der Waals surface area (Å²) in [6, 6.07) is 5.19. The van der Waals surface area contributed by atoms with Gasteiger partial charge in [-0.2, -0.15) is 0 Å². The SMILES string of the molecule is O=C(CSCc1nc2sc3c(c2c(=O)[nH]1)CCCC3)NCc1ccc(Cl)cc1Cl. The minimum Gasteiger partial charge on any atom is -0.351 e. The Kier molecular flexibility index (Phi) is 6.49. The maximum absolute atomic E-state index is 12.5. The first-order chi connectivity index (χ1) is 14.0. The standard InChI is InChI=1S/C20H19Cl2N3O2S2/c21-12-6-5-11(14(22)7-12)8-23-17(26)10-28-9-16-24-19(27)18-13-3-1-2-4-15(13)29-20(18)25-16/h5-7H,1-4,8-10H2,(H,23,26)(H,24,25,27). The van der Waals surface area contributed by atoms with Gasteiger partial charge in [-0.15, -0.1) is 23.1 Å². The first kappa shape index (κ1) is 20.7. The van der Waals surface area contributed by atoms with Gasteiger partial charge in [-0.05, 0) is 48.9 Å². The smallest absolute Gasteiger partial charge is 0.259 e. The van der Waals surface area contributed by atoms with Gasteiger partial charge in [0.1, 0.15) is 10.7 Å². The highest BCUT2D eigenvalue weighted by Crippen LogP contribution is 2.33. The van der Waals surface area contributed by atoms with E-state index in [2.05, 4.69) is 15.3 Å². The van der Waals surface area contributed by atoms with Crippen molar-refractivity contribution in [3.63, 3.8) is 0 Å². The Morgan fingerprint density at radius 3 is 2.93 bits per heavy atom. The molecule has 9 heteroatoms. The monoisotopic (exact) mass is 467 g/mol. The number of aryl methyl sites for hydroxylation is 2. The van der Waals surface area contributed by atoms with Crippen molar-refractivity contribution in [3.8, 4) is 0 Å². The highest BCUT2D eigenvalue weighted by Gasteiger charge is 2.19. The maximum atomic E-state index is 12.5. The number of hydrogen-bond donors (Lipinski definition) is 2. The predicted octanol–water partition coefficient (Wildman–Crippen LogP) is 4.72. The van der Waals surface area contributed by atoms with Gasteiger partial charge < -0.3 is 10.3 Å². The van der Waals surface area contributed by atoms with Gasteiger partial charge in [0.05, 0.1) is 16.9 Å². The number of halogens is 2. The van der Waals surface area contributed by atoms with Crippen LogP contribution >= 0.6 is 46.3 Å². The molecule has 0 unspecified atom stereocenters. The van der Waals surface area contributed by atoms with Crippen LogP contribution in [-0.4, -0.2) is 21.6 Å². The Morgan fingerprint density at radius 2 is 2.10 bits per heavy atom. The molecule has 5 nitrogen and oxygen atoms in total. The molecule has 3 aromatic rings. The van der Waals surface area contributed by atoms with Gasteiger partial charge in [0.25, 0.3) is 5.56 Å². The van der Waals surface area contributed by atoms with Gasteiger partial charge in [0, 0.05) is 21.5 Å². The Bertz CT molecular complexity index is 1130. The fourth-order valence-electron chi connectivity index (χ4n) is 3.43. The van der Waals surface area contributed by atoms with Crippen LogP contribution in [0.3, 0.4) is 0 Å². The van der Waals surface area contributed by atoms with Crippen molar-refractivity contribution in [2.75, 3.05) is 5.75 Å². The lowest BCUT2D eigenvalue weighted by Gasteiger charge is -2.09. The minimum atomic E-state index is -0.101. The van der Waals surface area contributed by atoms with Crippen molar-refractivity contribution in [3.05, 3.63) is 60.4 Å². The summed E-state index contributed by atoms with van der Waals surface area (Å²) in [6.07, 6.45) is 4.31. The van der Waals surface area contributed by atoms with E-state index >= 15 is 0 Å². The van der Waals surface area contributed by atoms with E-state index in [1.54, 1.807) is 29.5 Å². The van der Waals surface area contributed by atoms with Crippen LogP contribution in [0.4, 0.5) is 0 Å². The van der Waals surface area contributed by atoms with E-state index in [4.69, 9.17) is 23.2 Å². The number of carbonyl (C=O) groups excluding carboxylic acids is 1. The number of aromatic nitrogens is 2. The lowest BCUT2D eigenvalue weighted by atomic mass is 9.97. The van der Waals surface area contributed by atoms with E-state index in [0.717, 1.165) is 35.0 Å². The highest BCUT2D eigenvalue weighted by molar-refractivity contribution is 7.99. The fraction of sp³-hybridized carbons (Fsp3) is 0.350. The highest BCUT2D eigenvalue weighted by atomic mass is 35.5. The molecule has 0 radical (unpaired) electrons. The van der Waals surface area contributed by atoms with E-state index in [1.165, 1.54) is 28.6 Å². The molecule has 0 saturated carbocycles. The summed E-state index contributed by atoms with van der Waals surface area (Å²) in [5, 5.41) is 4.69. The maximum Gasteiger partial charge on any atom is 0.259 e. The Morgan fingerprint density at radius 1 is 1.28 bits per heavy atom. The van der Waals surface area contributed by atoms with Crippen molar-refractivity contribution < 1.29 is 4.79 Å². The van der Waals surface area contributed by atoms with Gasteiger partial charge in [0.2, 0.25) is 5.91 Å². The third-order valence-corrected chi connectivity index (χ3v) is 7.55. The molecular weight excluding hydrogens is 449 g/mol. The van der Waals surface area contributed by atoms with Crippen molar-refractivity contribution in [1.29, 1.82) is 0 Å². The summed E-state index contributed by atoms with van der Waals surface area (Å²) in [5.74, 6) is 1.26. The zero-order chi connectivity index (χ0) is 20.4. The zero-order valence-electron chi connectivity index (χ0n) is 15.5. The van der Waals surface area contributed by atoms with Crippen molar-refractivity contribution >= 4 is 62.4 Å². The molecule has 152 valence electrons. The third-order valence-electron chi connectivity index (χ3n) is 4.84. The molecule has 1 aliphatic rings.